The Bertz CT molecular complexity index is 558. The van der Waals surface area contributed by atoms with Gasteiger partial charge in [-0.1, -0.05) is 52.3 Å². The van der Waals surface area contributed by atoms with Crippen molar-refractivity contribution in [1.29, 1.82) is 0 Å². The molecule has 0 bridgehead atoms. The van der Waals surface area contributed by atoms with Crippen LogP contribution < -0.4 is 10.1 Å². The maximum atomic E-state index is 10.7. The number of ether oxygens (including phenoxy) is 1. The molecular formula is C16H16BrNO2. The monoisotopic (exact) mass is 333 g/mol. The number of benzene rings is 2. The Balaban J connectivity index is 2.11. The first-order valence-electron chi connectivity index (χ1n) is 6.39. The van der Waals surface area contributed by atoms with Gasteiger partial charge in [-0.3, -0.25) is 4.79 Å². The summed E-state index contributed by atoms with van der Waals surface area (Å²) in [4.78, 5) is 10.7. The van der Waals surface area contributed by atoms with Crippen LogP contribution in [0.15, 0.2) is 48.5 Å². The fourth-order valence-corrected chi connectivity index (χ4v) is 2.34. The summed E-state index contributed by atoms with van der Waals surface area (Å²) in [5.41, 5.74) is 2.95. The largest absolute Gasteiger partial charge is 0.487 e. The van der Waals surface area contributed by atoms with E-state index in [0.717, 1.165) is 22.9 Å². The van der Waals surface area contributed by atoms with E-state index < -0.39 is 0 Å². The fraction of sp³-hybridized carbons (Fsp3) is 0.188. The Morgan fingerprint density at radius 3 is 2.60 bits per heavy atom. The number of alkyl halides is 1. The maximum Gasteiger partial charge on any atom is 0.211 e. The predicted molar refractivity (Wildman–Crippen MR) is 84.4 cm³/mol. The van der Waals surface area contributed by atoms with Gasteiger partial charge in [-0.15, -0.1) is 0 Å². The summed E-state index contributed by atoms with van der Waals surface area (Å²) in [5.74, 6) is 0.680. The Morgan fingerprint density at radius 2 is 1.90 bits per heavy atom. The summed E-state index contributed by atoms with van der Waals surface area (Å²) < 4.78 is 5.78. The summed E-state index contributed by atoms with van der Waals surface area (Å²) in [6.45, 7) is 0.478. The number of halogens is 1. The van der Waals surface area contributed by atoms with Crippen molar-refractivity contribution in [3.05, 3.63) is 59.7 Å². The number of carbonyl (C=O) groups excluding carboxylic acids is 1. The maximum absolute atomic E-state index is 10.7. The third-order valence-electron chi connectivity index (χ3n) is 2.88. The standard InChI is InChI=1S/C16H16BrNO2/c17-9-8-13-6-7-16(15(10-13)18-12-19)20-11-14-4-2-1-3-5-14/h1-7,10,12H,8-9,11H2,(H,18,19). The number of anilines is 1. The number of amides is 1. The van der Waals surface area contributed by atoms with Crippen LogP contribution in [-0.4, -0.2) is 11.7 Å². The van der Waals surface area contributed by atoms with Crippen molar-refractivity contribution in [2.75, 3.05) is 10.6 Å². The van der Waals surface area contributed by atoms with Crippen molar-refractivity contribution in [2.45, 2.75) is 13.0 Å². The molecule has 0 unspecified atom stereocenters. The van der Waals surface area contributed by atoms with Crippen molar-refractivity contribution >= 4 is 28.0 Å². The average molecular weight is 334 g/mol. The minimum atomic E-state index is 0.478. The Kier molecular flexibility index (Phi) is 5.62. The molecule has 4 heteroatoms. The summed E-state index contributed by atoms with van der Waals surface area (Å²) in [6, 6.07) is 15.8. The van der Waals surface area contributed by atoms with Crippen LogP contribution >= 0.6 is 15.9 Å². The van der Waals surface area contributed by atoms with Crippen molar-refractivity contribution in [1.82, 2.24) is 0 Å². The second-order valence-electron chi connectivity index (χ2n) is 4.31. The van der Waals surface area contributed by atoms with Gasteiger partial charge in [-0.05, 0) is 29.7 Å². The second-order valence-corrected chi connectivity index (χ2v) is 5.10. The van der Waals surface area contributed by atoms with Crippen LogP contribution in [0.2, 0.25) is 0 Å². The van der Waals surface area contributed by atoms with E-state index >= 15 is 0 Å². The highest BCUT2D eigenvalue weighted by Gasteiger charge is 2.05. The molecule has 0 saturated heterocycles. The number of nitrogens with one attached hydrogen (secondary N) is 1. The fourth-order valence-electron chi connectivity index (χ4n) is 1.88. The number of rotatable bonds is 7. The molecule has 1 amide bonds. The molecule has 0 atom stereocenters. The van der Waals surface area contributed by atoms with E-state index in [1.165, 1.54) is 0 Å². The van der Waals surface area contributed by atoms with Gasteiger partial charge in [-0.2, -0.15) is 0 Å². The van der Waals surface area contributed by atoms with E-state index in [9.17, 15) is 4.79 Å². The van der Waals surface area contributed by atoms with Gasteiger partial charge in [0, 0.05) is 5.33 Å². The van der Waals surface area contributed by atoms with Crippen molar-refractivity contribution < 1.29 is 9.53 Å². The van der Waals surface area contributed by atoms with Crippen molar-refractivity contribution in [2.24, 2.45) is 0 Å². The summed E-state index contributed by atoms with van der Waals surface area (Å²) in [7, 11) is 0. The normalized spacial score (nSPS) is 10.1. The molecule has 0 aliphatic heterocycles. The molecule has 0 fully saturated rings. The van der Waals surface area contributed by atoms with Gasteiger partial charge in [0.2, 0.25) is 6.41 Å². The van der Waals surface area contributed by atoms with Gasteiger partial charge >= 0.3 is 0 Å². The third-order valence-corrected chi connectivity index (χ3v) is 3.28. The highest BCUT2D eigenvalue weighted by Crippen LogP contribution is 2.26. The highest BCUT2D eigenvalue weighted by molar-refractivity contribution is 9.09. The van der Waals surface area contributed by atoms with Gasteiger partial charge in [-0.25, -0.2) is 0 Å². The van der Waals surface area contributed by atoms with Gasteiger partial charge in [0.05, 0.1) is 5.69 Å². The van der Waals surface area contributed by atoms with Crippen LogP contribution in [0, 0.1) is 0 Å². The van der Waals surface area contributed by atoms with E-state index in [4.69, 9.17) is 4.74 Å². The quantitative estimate of drug-likeness (QED) is 0.618. The van der Waals surface area contributed by atoms with Crippen LogP contribution in [0.1, 0.15) is 11.1 Å². The van der Waals surface area contributed by atoms with Gasteiger partial charge < -0.3 is 10.1 Å². The molecule has 0 aromatic heterocycles. The molecule has 0 saturated carbocycles. The predicted octanol–water partition coefficient (Wildman–Crippen LogP) is 3.77. The van der Waals surface area contributed by atoms with E-state index in [0.29, 0.717) is 24.5 Å². The van der Waals surface area contributed by atoms with E-state index in [1.54, 1.807) is 0 Å². The molecule has 104 valence electrons. The molecule has 0 spiro atoms. The van der Waals surface area contributed by atoms with E-state index in [1.807, 2.05) is 48.5 Å². The SMILES string of the molecule is O=CNc1cc(CCBr)ccc1OCc1ccccc1. The van der Waals surface area contributed by atoms with Crippen LogP contribution in [0.4, 0.5) is 5.69 Å². The zero-order valence-corrected chi connectivity index (χ0v) is 12.6. The van der Waals surface area contributed by atoms with E-state index in [-0.39, 0.29) is 0 Å². The molecule has 1 N–H and O–H groups in total. The topological polar surface area (TPSA) is 38.3 Å². The van der Waals surface area contributed by atoms with Crippen LogP contribution in [0.3, 0.4) is 0 Å². The number of hydrogen-bond acceptors (Lipinski definition) is 2. The first-order valence-corrected chi connectivity index (χ1v) is 7.51. The molecule has 2 aromatic rings. The summed E-state index contributed by atoms with van der Waals surface area (Å²) >= 11 is 3.41. The van der Waals surface area contributed by atoms with Crippen molar-refractivity contribution in [3.63, 3.8) is 0 Å². The first-order chi connectivity index (χ1) is 9.83. The van der Waals surface area contributed by atoms with Gasteiger partial charge in [0.15, 0.2) is 0 Å². The van der Waals surface area contributed by atoms with Crippen LogP contribution in [-0.2, 0) is 17.8 Å². The third kappa shape index (κ3) is 4.10. The lowest BCUT2D eigenvalue weighted by atomic mass is 10.1. The van der Waals surface area contributed by atoms with Gasteiger partial charge in [0.1, 0.15) is 12.4 Å². The Hall–Kier alpha value is -1.81. The van der Waals surface area contributed by atoms with Gasteiger partial charge in [0.25, 0.3) is 0 Å². The van der Waals surface area contributed by atoms with E-state index in [2.05, 4.69) is 21.2 Å². The lowest BCUT2D eigenvalue weighted by Crippen LogP contribution is -2.02. The summed E-state index contributed by atoms with van der Waals surface area (Å²) in [5, 5.41) is 3.58. The lowest BCUT2D eigenvalue weighted by Gasteiger charge is -2.12. The molecule has 2 aromatic carbocycles. The highest BCUT2D eigenvalue weighted by atomic mass is 79.9. The second kappa shape index (κ2) is 7.70. The van der Waals surface area contributed by atoms with Crippen molar-refractivity contribution in [3.8, 4) is 5.75 Å². The molecule has 0 heterocycles. The van der Waals surface area contributed by atoms with Crippen LogP contribution in [0.25, 0.3) is 0 Å². The Morgan fingerprint density at radius 1 is 1.10 bits per heavy atom. The number of carbonyl (C=O) groups is 1. The average Bonchev–Trinajstić information content (AvgIpc) is 2.48. The zero-order valence-electron chi connectivity index (χ0n) is 11.0. The first kappa shape index (κ1) is 14.6. The molecule has 0 aliphatic carbocycles. The molecule has 0 aliphatic rings. The molecule has 20 heavy (non-hydrogen) atoms. The number of aryl methyl sites for hydroxylation is 1. The summed E-state index contributed by atoms with van der Waals surface area (Å²) in [6.07, 6.45) is 1.58. The smallest absolute Gasteiger partial charge is 0.211 e. The Labute approximate surface area is 127 Å². The minimum Gasteiger partial charge on any atom is -0.487 e. The molecule has 0 radical (unpaired) electrons. The minimum absolute atomic E-state index is 0.478. The number of hydrogen-bond donors (Lipinski definition) is 1. The molecule has 2 rings (SSSR count). The molecule has 3 nitrogen and oxygen atoms in total. The molecular weight excluding hydrogens is 318 g/mol. The lowest BCUT2D eigenvalue weighted by molar-refractivity contribution is -0.105. The zero-order chi connectivity index (χ0) is 14.2. The van der Waals surface area contributed by atoms with Crippen LogP contribution in [0.5, 0.6) is 5.75 Å².